The van der Waals surface area contributed by atoms with E-state index in [1.807, 2.05) is 42.6 Å². The van der Waals surface area contributed by atoms with Crippen molar-refractivity contribution in [1.82, 2.24) is 14.4 Å². The first-order valence-corrected chi connectivity index (χ1v) is 17.5. The zero-order valence-electron chi connectivity index (χ0n) is 29.0. The summed E-state index contributed by atoms with van der Waals surface area (Å²) in [5, 5.41) is 4.76. The summed E-state index contributed by atoms with van der Waals surface area (Å²) >= 11 is 0. The van der Waals surface area contributed by atoms with Crippen molar-refractivity contribution < 1.29 is 25.8 Å². The Morgan fingerprint density at radius 1 is 0.528 bits per heavy atom. The number of aromatic nitrogens is 3. The first-order valence-electron chi connectivity index (χ1n) is 17.5. The summed E-state index contributed by atoms with van der Waals surface area (Å²) < 4.78 is 8.97. The van der Waals surface area contributed by atoms with Crippen LogP contribution in [0, 0.1) is 26.0 Å². The van der Waals surface area contributed by atoms with E-state index in [1.54, 1.807) is 6.20 Å². The Bertz CT molecular complexity index is 2970. The van der Waals surface area contributed by atoms with Crippen LogP contribution >= 0.6 is 0 Å². The molecule has 4 nitrogen and oxygen atoms in total. The molecule has 0 aliphatic rings. The second-order valence-corrected chi connectivity index (χ2v) is 13.3. The van der Waals surface area contributed by atoms with Gasteiger partial charge in [-0.3, -0.25) is 0 Å². The number of benzene rings is 6. The fourth-order valence-corrected chi connectivity index (χ4v) is 7.77. The second-order valence-electron chi connectivity index (χ2n) is 13.3. The van der Waals surface area contributed by atoms with Crippen LogP contribution in [-0.2, 0) is 21.1 Å². The van der Waals surface area contributed by atoms with Gasteiger partial charge in [0.1, 0.15) is 0 Å². The molecule has 10 rings (SSSR count). The monoisotopic (exact) mass is 860 g/mol. The van der Waals surface area contributed by atoms with Gasteiger partial charge in [-0.15, -0.1) is 35.4 Å². The summed E-state index contributed by atoms with van der Waals surface area (Å²) in [6, 6.07) is 55.6. The maximum atomic E-state index is 6.57. The standard InChI is InChI=1S/C48H31N3O.Pt/c1-30-11-3-5-15-38(30)32-20-21-44-42(29-32)40-17-10-18-41-46-45(51(44)48(40)41)22-24-50-47(46)33-13-9-14-36(26-33)52-37-27-34(39-16-6-4-12-31(39)2)25-35(28-37)43-19-7-8-23-49-43;/h3-25,27,29H,1-2H3;/q-2;+2. The minimum absolute atomic E-state index is 0. The largest absolute Gasteiger partial charge is 2.00 e. The molecule has 0 aliphatic carbocycles. The minimum Gasteiger partial charge on any atom is -0.497 e. The maximum Gasteiger partial charge on any atom is 2.00 e. The Morgan fingerprint density at radius 2 is 1.26 bits per heavy atom. The normalized spacial score (nSPS) is 11.4. The van der Waals surface area contributed by atoms with Crippen molar-refractivity contribution in [2.45, 2.75) is 13.8 Å². The molecule has 10 aromatic rings. The summed E-state index contributed by atoms with van der Waals surface area (Å²) in [5.41, 5.74) is 14.1. The van der Waals surface area contributed by atoms with Crippen LogP contribution in [0.5, 0.6) is 11.5 Å². The summed E-state index contributed by atoms with van der Waals surface area (Å²) in [5.74, 6) is 1.19. The SMILES string of the molecule is Cc1ccccc1-c1cc(Oc2[c-]c(-c3nccc4c3c3cccc5c6cc(-c7ccccc7C)ccc6n4c53)ccc2)[c-]c(-c2ccccn2)c1.[Pt+2]. The molecule has 254 valence electrons. The van der Waals surface area contributed by atoms with Gasteiger partial charge in [0.05, 0.1) is 11.0 Å². The quantitative estimate of drug-likeness (QED) is 0.156. The number of aryl methyl sites for hydroxylation is 2. The van der Waals surface area contributed by atoms with E-state index in [2.05, 4.69) is 138 Å². The van der Waals surface area contributed by atoms with Gasteiger partial charge in [-0.1, -0.05) is 109 Å². The Morgan fingerprint density at radius 3 is 2.06 bits per heavy atom. The van der Waals surface area contributed by atoms with Crippen molar-refractivity contribution in [1.29, 1.82) is 0 Å². The van der Waals surface area contributed by atoms with Gasteiger partial charge in [0.2, 0.25) is 0 Å². The van der Waals surface area contributed by atoms with E-state index < -0.39 is 0 Å². The number of hydrogen-bond donors (Lipinski definition) is 0. The average molecular weight is 861 g/mol. The molecule has 0 spiro atoms. The number of hydrogen-bond acceptors (Lipinski definition) is 3. The predicted molar refractivity (Wildman–Crippen MR) is 212 cm³/mol. The molecule has 0 fully saturated rings. The Kier molecular flexibility index (Phi) is 8.14. The van der Waals surface area contributed by atoms with E-state index in [4.69, 9.17) is 9.72 Å². The van der Waals surface area contributed by atoms with Crippen LogP contribution in [0.1, 0.15) is 11.1 Å². The van der Waals surface area contributed by atoms with Crippen LogP contribution in [-0.4, -0.2) is 14.4 Å². The van der Waals surface area contributed by atoms with Crippen molar-refractivity contribution in [3.63, 3.8) is 0 Å². The molecule has 4 aromatic heterocycles. The van der Waals surface area contributed by atoms with E-state index in [0.29, 0.717) is 11.5 Å². The summed E-state index contributed by atoms with van der Waals surface area (Å²) in [6.07, 6.45) is 3.70. The molecule has 0 N–H and O–H groups in total. The van der Waals surface area contributed by atoms with Crippen LogP contribution < -0.4 is 4.74 Å². The zero-order chi connectivity index (χ0) is 34.8. The van der Waals surface area contributed by atoms with Crippen molar-refractivity contribution >= 4 is 38.1 Å². The Hall–Kier alpha value is -6.09. The van der Waals surface area contributed by atoms with Gasteiger partial charge < -0.3 is 19.1 Å². The van der Waals surface area contributed by atoms with Gasteiger partial charge in [-0.25, -0.2) is 0 Å². The average Bonchev–Trinajstić information content (AvgIpc) is 3.71. The molecular formula is C48H31N3OPt. The molecule has 0 saturated carbocycles. The third-order valence-electron chi connectivity index (χ3n) is 10.2. The molecule has 0 amide bonds. The van der Waals surface area contributed by atoms with Crippen LogP contribution in [0.25, 0.3) is 82.9 Å². The van der Waals surface area contributed by atoms with Crippen molar-refractivity contribution in [2.75, 3.05) is 0 Å². The molecule has 5 heteroatoms. The summed E-state index contributed by atoms with van der Waals surface area (Å²) in [4.78, 5) is 9.57. The molecule has 4 heterocycles. The van der Waals surface area contributed by atoms with Gasteiger partial charge in [-0.05, 0) is 82.7 Å². The Balaban J connectivity index is 0.00000372. The van der Waals surface area contributed by atoms with Crippen LogP contribution in [0.3, 0.4) is 0 Å². The van der Waals surface area contributed by atoms with Crippen LogP contribution in [0.2, 0.25) is 0 Å². The van der Waals surface area contributed by atoms with Gasteiger partial charge in [-0.2, -0.15) is 0 Å². The van der Waals surface area contributed by atoms with E-state index in [1.165, 1.54) is 49.4 Å². The van der Waals surface area contributed by atoms with Gasteiger partial charge in [0, 0.05) is 45.6 Å². The number of nitrogens with zero attached hydrogens (tertiary/aromatic N) is 3. The van der Waals surface area contributed by atoms with E-state index in [9.17, 15) is 0 Å². The number of para-hydroxylation sites is 1. The van der Waals surface area contributed by atoms with Gasteiger partial charge in [0.25, 0.3) is 0 Å². The van der Waals surface area contributed by atoms with Crippen LogP contribution in [0.4, 0.5) is 0 Å². The van der Waals surface area contributed by atoms with Gasteiger partial charge in [0.15, 0.2) is 0 Å². The molecule has 0 bridgehead atoms. The molecule has 6 aromatic carbocycles. The van der Waals surface area contributed by atoms with Gasteiger partial charge >= 0.3 is 21.1 Å². The van der Waals surface area contributed by atoms with E-state index in [0.717, 1.165) is 44.5 Å². The maximum absolute atomic E-state index is 6.57. The third-order valence-corrected chi connectivity index (χ3v) is 10.2. The first kappa shape index (κ1) is 32.8. The molecule has 0 radical (unpaired) electrons. The molecular weight excluding hydrogens is 830 g/mol. The molecule has 0 aliphatic heterocycles. The summed E-state index contributed by atoms with van der Waals surface area (Å²) in [6.45, 7) is 4.30. The predicted octanol–water partition coefficient (Wildman–Crippen LogP) is 12.3. The third kappa shape index (κ3) is 5.50. The van der Waals surface area contributed by atoms with E-state index >= 15 is 0 Å². The van der Waals surface area contributed by atoms with Crippen molar-refractivity contribution in [3.8, 4) is 56.3 Å². The van der Waals surface area contributed by atoms with Crippen molar-refractivity contribution in [3.05, 3.63) is 175 Å². The first-order chi connectivity index (χ1) is 25.6. The minimum atomic E-state index is 0. The fourth-order valence-electron chi connectivity index (χ4n) is 7.77. The number of fused-ring (bicyclic) bond motifs is 6. The number of ether oxygens (including phenoxy) is 1. The summed E-state index contributed by atoms with van der Waals surface area (Å²) in [7, 11) is 0. The molecule has 0 atom stereocenters. The fraction of sp³-hybridized carbons (Fsp3) is 0.0417. The van der Waals surface area contributed by atoms with Crippen molar-refractivity contribution in [2.24, 2.45) is 0 Å². The van der Waals surface area contributed by atoms with Crippen LogP contribution in [0.15, 0.2) is 152 Å². The molecule has 0 saturated heterocycles. The topological polar surface area (TPSA) is 39.4 Å². The number of pyridine rings is 2. The van der Waals surface area contributed by atoms with E-state index in [-0.39, 0.29) is 21.1 Å². The Labute approximate surface area is 322 Å². The zero-order valence-corrected chi connectivity index (χ0v) is 31.3. The smallest absolute Gasteiger partial charge is 0.497 e. The second kappa shape index (κ2) is 13.2. The molecule has 53 heavy (non-hydrogen) atoms. The number of rotatable bonds is 6. The molecule has 0 unspecified atom stereocenters.